The number of carbonyl (C=O) groups excluding carboxylic acids is 2. The molecule has 1 aliphatic heterocycles. The van der Waals surface area contributed by atoms with E-state index in [2.05, 4.69) is 5.10 Å². The number of aromatic nitrogens is 2. The van der Waals surface area contributed by atoms with E-state index >= 15 is 0 Å². The Bertz CT molecular complexity index is 1310. The van der Waals surface area contributed by atoms with Crippen LogP contribution in [0.2, 0.25) is 5.02 Å². The summed E-state index contributed by atoms with van der Waals surface area (Å²) in [6, 6.07) is 15.6. The van der Waals surface area contributed by atoms with E-state index in [0.717, 1.165) is 18.9 Å². The topological polar surface area (TPSA) is 140 Å². The first-order chi connectivity index (χ1) is 16.9. The molecule has 0 aliphatic carbocycles. The van der Waals surface area contributed by atoms with E-state index in [1.807, 2.05) is 6.07 Å². The molecule has 1 aromatic heterocycles. The Labute approximate surface area is 207 Å². The van der Waals surface area contributed by atoms with E-state index in [9.17, 15) is 9.59 Å². The highest BCUT2D eigenvalue weighted by molar-refractivity contribution is 6.30. The van der Waals surface area contributed by atoms with Gasteiger partial charge in [0.15, 0.2) is 0 Å². The van der Waals surface area contributed by atoms with Crippen LogP contribution in [0.3, 0.4) is 0 Å². The minimum atomic E-state index is -0.689. The summed E-state index contributed by atoms with van der Waals surface area (Å²) in [5.74, 6) is 0.436. The van der Waals surface area contributed by atoms with Gasteiger partial charge in [-0.25, -0.2) is 4.68 Å². The van der Waals surface area contributed by atoms with Gasteiger partial charge < -0.3 is 21.1 Å². The zero-order valence-electron chi connectivity index (χ0n) is 18.7. The van der Waals surface area contributed by atoms with E-state index in [1.165, 1.54) is 6.08 Å². The third kappa shape index (κ3) is 5.28. The molecule has 0 bridgehead atoms. The standard InChI is InChI=1S/C25H23ClN6O3/c26-17-7-11-20(12-8-17)35-19-9-5-16(6-10-19)23-22(25(29)34)24(28)32(30-23)18-3-2-14-31(15-18)21(33)4-1-13-27/h1,4-12,18H,2-3,14-15,28H2,(H2,29,34). The highest BCUT2D eigenvalue weighted by Crippen LogP contribution is 2.33. The number of amides is 2. The molecule has 10 heteroatoms. The first-order valence-electron chi connectivity index (χ1n) is 10.9. The molecule has 0 spiro atoms. The summed E-state index contributed by atoms with van der Waals surface area (Å²) in [5.41, 5.74) is 13.1. The van der Waals surface area contributed by atoms with Crippen molar-refractivity contribution in [3.63, 3.8) is 0 Å². The number of carbonyl (C=O) groups is 2. The number of hydrogen-bond acceptors (Lipinski definition) is 6. The van der Waals surface area contributed by atoms with Crippen molar-refractivity contribution in [3.05, 3.63) is 71.3 Å². The number of nitrogens with two attached hydrogens (primary N) is 2. The predicted octanol–water partition coefficient (Wildman–Crippen LogP) is 3.92. The molecule has 4 N–H and O–H groups in total. The van der Waals surface area contributed by atoms with Gasteiger partial charge in [-0.3, -0.25) is 9.59 Å². The number of rotatable bonds is 6. The summed E-state index contributed by atoms with van der Waals surface area (Å²) in [6.45, 7) is 0.920. The number of allylic oxidation sites excluding steroid dienone is 1. The Morgan fingerprint density at radius 2 is 1.80 bits per heavy atom. The third-order valence-corrected chi connectivity index (χ3v) is 5.98. The smallest absolute Gasteiger partial charge is 0.254 e. The monoisotopic (exact) mass is 490 g/mol. The van der Waals surface area contributed by atoms with Crippen LogP contribution in [0.15, 0.2) is 60.7 Å². The molecule has 0 radical (unpaired) electrons. The first-order valence-corrected chi connectivity index (χ1v) is 11.3. The predicted molar refractivity (Wildman–Crippen MR) is 132 cm³/mol. The highest BCUT2D eigenvalue weighted by atomic mass is 35.5. The van der Waals surface area contributed by atoms with Gasteiger partial charge in [0.1, 0.15) is 28.6 Å². The van der Waals surface area contributed by atoms with Crippen molar-refractivity contribution in [2.45, 2.75) is 18.9 Å². The number of anilines is 1. The molecule has 4 rings (SSSR count). The summed E-state index contributed by atoms with van der Waals surface area (Å²) in [7, 11) is 0. The zero-order chi connectivity index (χ0) is 24.9. The van der Waals surface area contributed by atoms with Gasteiger partial charge in [-0.15, -0.1) is 0 Å². The van der Waals surface area contributed by atoms with Crippen molar-refractivity contribution in [2.24, 2.45) is 5.73 Å². The third-order valence-electron chi connectivity index (χ3n) is 5.73. The lowest BCUT2D eigenvalue weighted by molar-refractivity contribution is -0.127. The van der Waals surface area contributed by atoms with Crippen molar-refractivity contribution in [1.29, 1.82) is 5.26 Å². The van der Waals surface area contributed by atoms with Gasteiger partial charge in [0.2, 0.25) is 5.91 Å². The number of nitrogens with zero attached hydrogens (tertiary/aromatic N) is 4. The van der Waals surface area contributed by atoms with Crippen LogP contribution in [-0.4, -0.2) is 39.6 Å². The van der Waals surface area contributed by atoms with E-state index < -0.39 is 5.91 Å². The number of halogens is 1. The number of nitriles is 1. The summed E-state index contributed by atoms with van der Waals surface area (Å²) < 4.78 is 7.39. The average Bonchev–Trinajstić information content (AvgIpc) is 3.21. The molecule has 3 aromatic rings. The SMILES string of the molecule is N#CC=CC(=O)N1CCCC(n2nc(-c3ccc(Oc4ccc(Cl)cc4)cc3)c(C(N)=O)c2N)C1. The first kappa shape index (κ1) is 23.9. The van der Waals surface area contributed by atoms with Crippen molar-refractivity contribution in [2.75, 3.05) is 18.8 Å². The highest BCUT2D eigenvalue weighted by Gasteiger charge is 2.29. The number of ether oxygens (including phenoxy) is 1. The number of piperidine rings is 1. The van der Waals surface area contributed by atoms with Crippen LogP contribution < -0.4 is 16.2 Å². The summed E-state index contributed by atoms with van der Waals surface area (Å²) >= 11 is 5.91. The lowest BCUT2D eigenvalue weighted by Gasteiger charge is -2.32. The number of likely N-dealkylation sites (tertiary alicyclic amines) is 1. The second kappa shape index (κ2) is 10.3. The molecule has 35 heavy (non-hydrogen) atoms. The van der Waals surface area contributed by atoms with Gasteiger partial charge in [-0.05, 0) is 61.4 Å². The van der Waals surface area contributed by atoms with E-state index in [1.54, 1.807) is 58.1 Å². The van der Waals surface area contributed by atoms with Crippen LogP contribution in [0, 0.1) is 11.3 Å². The summed E-state index contributed by atoms with van der Waals surface area (Å²) in [4.78, 5) is 26.3. The second-order valence-electron chi connectivity index (χ2n) is 8.04. The lowest BCUT2D eigenvalue weighted by atomic mass is 10.1. The van der Waals surface area contributed by atoms with Gasteiger partial charge in [0, 0.05) is 35.8 Å². The quantitative estimate of drug-likeness (QED) is 0.396. The van der Waals surface area contributed by atoms with Crippen molar-refractivity contribution in [1.82, 2.24) is 14.7 Å². The minimum Gasteiger partial charge on any atom is -0.457 e. The Morgan fingerprint density at radius 3 is 2.43 bits per heavy atom. The maximum Gasteiger partial charge on any atom is 0.254 e. The molecule has 178 valence electrons. The molecule has 1 aliphatic rings. The molecular formula is C25H23ClN6O3. The minimum absolute atomic E-state index is 0.129. The Morgan fingerprint density at radius 1 is 1.14 bits per heavy atom. The fourth-order valence-electron chi connectivity index (χ4n) is 4.06. The number of nitrogen functional groups attached to an aromatic ring is 1. The van der Waals surface area contributed by atoms with Gasteiger partial charge in [0.05, 0.1) is 12.1 Å². The summed E-state index contributed by atoms with van der Waals surface area (Å²) in [5, 5.41) is 13.9. The summed E-state index contributed by atoms with van der Waals surface area (Å²) in [6.07, 6.45) is 3.85. The molecule has 1 saturated heterocycles. The number of hydrogen-bond donors (Lipinski definition) is 2. The molecule has 1 atom stereocenters. The Kier molecular flexibility index (Phi) is 7.03. The number of benzene rings is 2. The molecule has 1 unspecified atom stereocenters. The van der Waals surface area contributed by atoms with Crippen LogP contribution in [0.4, 0.5) is 5.82 Å². The van der Waals surface area contributed by atoms with Gasteiger partial charge in [-0.1, -0.05) is 11.6 Å². The largest absolute Gasteiger partial charge is 0.457 e. The van der Waals surface area contributed by atoms with E-state index in [0.29, 0.717) is 40.9 Å². The van der Waals surface area contributed by atoms with Crippen LogP contribution in [0.25, 0.3) is 11.3 Å². The van der Waals surface area contributed by atoms with Gasteiger partial charge >= 0.3 is 0 Å². The second-order valence-corrected chi connectivity index (χ2v) is 8.48. The molecule has 1 fully saturated rings. The fraction of sp³-hybridized carbons (Fsp3) is 0.200. The van der Waals surface area contributed by atoms with Crippen LogP contribution in [-0.2, 0) is 4.79 Å². The Hall–Kier alpha value is -4.29. The van der Waals surface area contributed by atoms with Crippen molar-refractivity contribution >= 4 is 29.2 Å². The van der Waals surface area contributed by atoms with E-state index in [4.69, 9.17) is 33.1 Å². The molecule has 9 nitrogen and oxygen atoms in total. The molecule has 0 saturated carbocycles. The number of primary amides is 1. The van der Waals surface area contributed by atoms with Gasteiger partial charge in [0.25, 0.3) is 5.91 Å². The molecule has 2 heterocycles. The molecular weight excluding hydrogens is 468 g/mol. The van der Waals surface area contributed by atoms with Crippen molar-refractivity contribution < 1.29 is 14.3 Å². The lowest BCUT2D eigenvalue weighted by Crippen LogP contribution is -2.40. The zero-order valence-corrected chi connectivity index (χ0v) is 19.5. The van der Waals surface area contributed by atoms with Crippen LogP contribution in [0.5, 0.6) is 11.5 Å². The maximum absolute atomic E-state index is 12.3. The average molecular weight is 491 g/mol. The van der Waals surface area contributed by atoms with Crippen LogP contribution >= 0.6 is 11.6 Å². The molecule has 2 amide bonds. The molecule has 2 aromatic carbocycles. The normalized spacial score (nSPS) is 15.7. The van der Waals surface area contributed by atoms with E-state index in [-0.39, 0.29) is 23.3 Å². The van der Waals surface area contributed by atoms with Gasteiger partial charge in [-0.2, -0.15) is 10.4 Å². The Balaban J connectivity index is 1.60. The fourth-order valence-corrected chi connectivity index (χ4v) is 4.18. The maximum atomic E-state index is 12.3. The van der Waals surface area contributed by atoms with Crippen LogP contribution in [0.1, 0.15) is 29.2 Å². The van der Waals surface area contributed by atoms with Crippen molar-refractivity contribution in [3.8, 4) is 28.8 Å².